The molecule has 1 aliphatic rings. The van der Waals surface area contributed by atoms with Gasteiger partial charge in [-0.05, 0) is 45.1 Å². The van der Waals surface area contributed by atoms with Crippen molar-refractivity contribution in [2.75, 3.05) is 44.8 Å². The molecule has 1 fully saturated rings. The fourth-order valence-corrected chi connectivity index (χ4v) is 2.86. The largest absolute Gasteiger partial charge is 0.466 e. The highest BCUT2D eigenvalue weighted by atomic mass is 32.2. The highest BCUT2D eigenvalue weighted by molar-refractivity contribution is 7.98. The van der Waals surface area contributed by atoms with Gasteiger partial charge in [0.05, 0.1) is 12.5 Å². The molecule has 1 heterocycles. The summed E-state index contributed by atoms with van der Waals surface area (Å²) in [7, 11) is 0. The van der Waals surface area contributed by atoms with Crippen LogP contribution in [-0.4, -0.2) is 61.6 Å². The summed E-state index contributed by atoms with van der Waals surface area (Å²) in [6, 6.07) is 0. The molecule has 1 unspecified atom stereocenters. The molecule has 5 nitrogen and oxygen atoms in total. The minimum absolute atomic E-state index is 0.0197. The molecule has 0 saturated carbocycles. The van der Waals surface area contributed by atoms with E-state index in [1.54, 1.807) is 0 Å². The van der Waals surface area contributed by atoms with E-state index in [4.69, 9.17) is 4.74 Å². The van der Waals surface area contributed by atoms with Crippen LogP contribution in [0.4, 0.5) is 0 Å². The number of nitrogens with zero attached hydrogens (tertiary/aromatic N) is 2. The first-order valence-electron chi connectivity index (χ1n) is 7.91. The van der Waals surface area contributed by atoms with Crippen LogP contribution in [0.25, 0.3) is 0 Å². The highest BCUT2D eigenvalue weighted by Crippen LogP contribution is 2.18. The molecule has 122 valence electrons. The van der Waals surface area contributed by atoms with Gasteiger partial charge in [0, 0.05) is 26.2 Å². The summed E-state index contributed by atoms with van der Waals surface area (Å²) in [6.07, 6.45) is 5.13. The predicted octanol–water partition coefficient (Wildman–Crippen LogP) is 1.98. The SMILES string of the molecule is CCNC(=NCCCSC)N1CCCC(C(=O)OCC)C1. The number of likely N-dealkylation sites (tertiary alicyclic amines) is 1. The van der Waals surface area contributed by atoms with Gasteiger partial charge in [0.2, 0.25) is 0 Å². The van der Waals surface area contributed by atoms with Crippen LogP contribution < -0.4 is 5.32 Å². The number of piperidine rings is 1. The molecule has 0 aromatic carbocycles. The Hall–Kier alpha value is -0.910. The number of guanidine groups is 1. The van der Waals surface area contributed by atoms with E-state index < -0.39 is 0 Å². The molecule has 0 aromatic heterocycles. The smallest absolute Gasteiger partial charge is 0.310 e. The first kappa shape index (κ1) is 18.1. The fourth-order valence-electron chi connectivity index (χ4n) is 2.44. The Morgan fingerprint density at radius 1 is 1.48 bits per heavy atom. The third kappa shape index (κ3) is 6.59. The van der Waals surface area contributed by atoms with E-state index in [2.05, 4.69) is 28.4 Å². The van der Waals surface area contributed by atoms with Crippen molar-refractivity contribution in [2.45, 2.75) is 33.1 Å². The van der Waals surface area contributed by atoms with Crippen LogP contribution >= 0.6 is 11.8 Å². The Morgan fingerprint density at radius 2 is 2.29 bits per heavy atom. The zero-order valence-corrected chi connectivity index (χ0v) is 14.4. The summed E-state index contributed by atoms with van der Waals surface area (Å²) in [4.78, 5) is 18.8. The second-order valence-electron chi connectivity index (χ2n) is 5.12. The molecular weight excluding hydrogens is 286 g/mol. The van der Waals surface area contributed by atoms with Crippen LogP contribution in [-0.2, 0) is 9.53 Å². The first-order chi connectivity index (χ1) is 10.2. The van der Waals surface area contributed by atoms with Crippen molar-refractivity contribution in [3.63, 3.8) is 0 Å². The van der Waals surface area contributed by atoms with Gasteiger partial charge in [-0.2, -0.15) is 11.8 Å². The van der Waals surface area contributed by atoms with Crippen LogP contribution in [0.15, 0.2) is 4.99 Å². The number of thioether (sulfide) groups is 1. The second-order valence-corrected chi connectivity index (χ2v) is 6.10. The summed E-state index contributed by atoms with van der Waals surface area (Å²) in [5, 5.41) is 3.34. The maximum absolute atomic E-state index is 11.9. The van der Waals surface area contributed by atoms with Crippen molar-refractivity contribution >= 4 is 23.7 Å². The van der Waals surface area contributed by atoms with E-state index in [9.17, 15) is 4.79 Å². The summed E-state index contributed by atoms with van der Waals surface area (Å²) < 4.78 is 5.15. The van der Waals surface area contributed by atoms with Gasteiger partial charge in [-0.15, -0.1) is 0 Å². The lowest BCUT2D eigenvalue weighted by Gasteiger charge is -2.34. The van der Waals surface area contributed by atoms with Crippen molar-refractivity contribution in [1.82, 2.24) is 10.2 Å². The molecular formula is C15H29N3O2S. The normalized spacial score (nSPS) is 19.5. The molecule has 0 spiro atoms. The number of carbonyl (C=O) groups excluding carboxylic acids is 1. The minimum atomic E-state index is -0.0690. The third-order valence-corrected chi connectivity index (χ3v) is 4.14. The monoisotopic (exact) mass is 315 g/mol. The van der Waals surface area contributed by atoms with Crippen molar-refractivity contribution < 1.29 is 9.53 Å². The number of esters is 1. The van der Waals surface area contributed by atoms with Crippen LogP contribution in [0.5, 0.6) is 0 Å². The molecule has 0 aromatic rings. The number of nitrogens with one attached hydrogen (secondary N) is 1. The molecule has 1 N–H and O–H groups in total. The van der Waals surface area contributed by atoms with Gasteiger partial charge in [-0.25, -0.2) is 0 Å². The summed E-state index contributed by atoms with van der Waals surface area (Å²) in [5.74, 6) is 1.98. The predicted molar refractivity (Wildman–Crippen MR) is 89.9 cm³/mol. The molecule has 21 heavy (non-hydrogen) atoms. The van der Waals surface area contributed by atoms with E-state index in [0.29, 0.717) is 13.2 Å². The lowest BCUT2D eigenvalue weighted by Crippen LogP contribution is -2.48. The quantitative estimate of drug-likeness (QED) is 0.337. The number of carbonyl (C=O) groups is 1. The topological polar surface area (TPSA) is 53.9 Å². The lowest BCUT2D eigenvalue weighted by atomic mass is 9.98. The average molecular weight is 315 g/mol. The molecule has 1 atom stereocenters. The summed E-state index contributed by atoms with van der Waals surface area (Å²) in [6.45, 7) is 7.75. The van der Waals surface area contributed by atoms with Crippen LogP contribution in [0.1, 0.15) is 33.1 Å². The van der Waals surface area contributed by atoms with Crippen molar-refractivity contribution in [3.8, 4) is 0 Å². The van der Waals surface area contributed by atoms with Crippen LogP contribution in [0, 0.1) is 5.92 Å². The molecule has 0 bridgehead atoms. The maximum Gasteiger partial charge on any atom is 0.310 e. The standard InChI is InChI=1S/C15H29N3O2S/c1-4-16-15(17-9-7-11-21-3)18-10-6-8-13(12-18)14(19)20-5-2/h13H,4-12H2,1-3H3,(H,16,17). The van der Waals surface area contributed by atoms with Gasteiger partial charge < -0.3 is 15.0 Å². The van der Waals surface area contributed by atoms with Crippen molar-refractivity contribution in [3.05, 3.63) is 0 Å². The maximum atomic E-state index is 11.9. The molecule has 1 aliphatic heterocycles. The number of rotatable bonds is 7. The number of hydrogen-bond donors (Lipinski definition) is 1. The Bertz CT molecular complexity index is 337. The third-order valence-electron chi connectivity index (χ3n) is 3.44. The van der Waals surface area contributed by atoms with E-state index in [1.807, 2.05) is 18.7 Å². The zero-order valence-electron chi connectivity index (χ0n) is 13.6. The van der Waals surface area contributed by atoms with E-state index in [0.717, 1.165) is 50.6 Å². The van der Waals surface area contributed by atoms with Gasteiger partial charge in [-0.3, -0.25) is 9.79 Å². The Balaban J connectivity index is 2.58. The van der Waals surface area contributed by atoms with Gasteiger partial charge in [-0.1, -0.05) is 0 Å². The Morgan fingerprint density at radius 3 is 2.95 bits per heavy atom. The van der Waals surface area contributed by atoms with Gasteiger partial charge in [0.1, 0.15) is 0 Å². The molecule has 6 heteroatoms. The molecule has 1 rings (SSSR count). The molecule has 0 aliphatic carbocycles. The summed E-state index contributed by atoms with van der Waals surface area (Å²) in [5.41, 5.74) is 0. The summed E-state index contributed by atoms with van der Waals surface area (Å²) >= 11 is 1.85. The van der Waals surface area contributed by atoms with E-state index in [-0.39, 0.29) is 11.9 Å². The molecule has 1 saturated heterocycles. The van der Waals surface area contributed by atoms with Crippen LogP contribution in [0.3, 0.4) is 0 Å². The first-order valence-corrected chi connectivity index (χ1v) is 9.31. The van der Waals surface area contributed by atoms with Gasteiger partial charge in [0.15, 0.2) is 5.96 Å². The highest BCUT2D eigenvalue weighted by Gasteiger charge is 2.28. The molecule has 0 amide bonds. The van der Waals surface area contributed by atoms with Crippen molar-refractivity contribution in [1.29, 1.82) is 0 Å². The van der Waals surface area contributed by atoms with Gasteiger partial charge >= 0.3 is 5.97 Å². The fraction of sp³-hybridized carbons (Fsp3) is 0.867. The Labute approximate surface area is 132 Å². The minimum Gasteiger partial charge on any atom is -0.466 e. The number of hydrogen-bond acceptors (Lipinski definition) is 4. The number of aliphatic imine (C=N–C) groups is 1. The van der Waals surface area contributed by atoms with E-state index in [1.165, 1.54) is 0 Å². The number of ether oxygens (including phenoxy) is 1. The van der Waals surface area contributed by atoms with Gasteiger partial charge in [0.25, 0.3) is 0 Å². The Kier molecular flexibility index (Phi) is 9.30. The zero-order chi connectivity index (χ0) is 15.5. The second kappa shape index (κ2) is 10.8. The van der Waals surface area contributed by atoms with Crippen LogP contribution in [0.2, 0.25) is 0 Å². The average Bonchev–Trinajstić information content (AvgIpc) is 2.51. The molecule has 0 radical (unpaired) electrons. The van der Waals surface area contributed by atoms with Crippen molar-refractivity contribution in [2.24, 2.45) is 10.9 Å². The lowest BCUT2D eigenvalue weighted by molar-refractivity contribution is -0.149. The van der Waals surface area contributed by atoms with E-state index >= 15 is 0 Å².